The highest BCUT2D eigenvalue weighted by Crippen LogP contribution is 2.21. The number of benzene rings is 1. The van der Waals surface area contributed by atoms with Crippen molar-refractivity contribution < 1.29 is 9.53 Å². The maximum absolute atomic E-state index is 12.2. The minimum absolute atomic E-state index is 0.200. The largest absolute Gasteiger partial charge is 0.444 e. The van der Waals surface area contributed by atoms with E-state index in [4.69, 9.17) is 4.74 Å². The van der Waals surface area contributed by atoms with Gasteiger partial charge < -0.3 is 14.5 Å². The highest BCUT2D eigenvalue weighted by molar-refractivity contribution is 5.68. The van der Waals surface area contributed by atoms with E-state index >= 15 is 0 Å². The summed E-state index contributed by atoms with van der Waals surface area (Å²) >= 11 is 0. The summed E-state index contributed by atoms with van der Waals surface area (Å²) in [6.07, 6.45) is 0.766. The molecule has 1 amide bonds. The maximum atomic E-state index is 12.2. The number of para-hydroxylation sites is 1. The van der Waals surface area contributed by atoms with Crippen molar-refractivity contribution in [3.63, 3.8) is 0 Å². The van der Waals surface area contributed by atoms with Crippen molar-refractivity contribution in [3.8, 4) is 0 Å². The van der Waals surface area contributed by atoms with Crippen LogP contribution in [0.4, 0.5) is 10.5 Å². The van der Waals surface area contributed by atoms with Crippen molar-refractivity contribution in [3.05, 3.63) is 29.8 Å². The maximum Gasteiger partial charge on any atom is 0.410 e. The van der Waals surface area contributed by atoms with E-state index < -0.39 is 5.60 Å². The Morgan fingerprint density at radius 2 is 1.81 bits per heavy atom. The Bertz CT molecular complexity index is 494. The number of nitrogens with zero attached hydrogens (tertiary/aromatic N) is 2. The topological polar surface area (TPSA) is 32.8 Å². The monoisotopic (exact) mass is 290 g/mol. The predicted molar refractivity (Wildman–Crippen MR) is 85.8 cm³/mol. The van der Waals surface area contributed by atoms with Crippen LogP contribution in [0.25, 0.3) is 0 Å². The van der Waals surface area contributed by atoms with Crippen molar-refractivity contribution >= 4 is 11.8 Å². The predicted octanol–water partition coefficient (Wildman–Crippen LogP) is 3.44. The second-order valence-electron chi connectivity index (χ2n) is 6.59. The standard InChI is InChI=1S/C17H26N2O2/c1-14-8-5-6-9-15(14)18-10-7-11-19(13-12-18)16(20)21-17(2,3)4/h5-6,8-9H,7,10-13H2,1-4H3. The Hall–Kier alpha value is -1.71. The lowest BCUT2D eigenvalue weighted by atomic mass is 10.2. The van der Waals surface area contributed by atoms with E-state index in [-0.39, 0.29) is 6.09 Å². The third-order valence-corrected chi connectivity index (χ3v) is 3.60. The van der Waals surface area contributed by atoms with Crippen molar-refractivity contribution in [2.45, 2.75) is 39.7 Å². The number of ether oxygens (including phenoxy) is 1. The first-order valence-electron chi connectivity index (χ1n) is 7.65. The molecule has 1 fully saturated rings. The van der Waals surface area contributed by atoms with Crippen molar-refractivity contribution in [1.29, 1.82) is 0 Å². The molecule has 0 saturated carbocycles. The van der Waals surface area contributed by atoms with Crippen molar-refractivity contribution in [1.82, 2.24) is 4.90 Å². The molecular formula is C17H26N2O2. The van der Waals surface area contributed by atoms with Gasteiger partial charge in [-0.25, -0.2) is 4.79 Å². The zero-order valence-corrected chi connectivity index (χ0v) is 13.6. The molecule has 0 aromatic heterocycles. The van der Waals surface area contributed by atoms with E-state index in [1.54, 1.807) is 0 Å². The molecule has 0 radical (unpaired) electrons. The second-order valence-corrected chi connectivity index (χ2v) is 6.59. The molecule has 1 aromatic carbocycles. The summed E-state index contributed by atoms with van der Waals surface area (Å²) in [6, 6.07) is 8.41. The molecule has 4 heteroatoms. The van der Waals surface area contributed by atoms with E-state index in [1.807, 2.05) is 25.7 Å². The van der Waals surface area contributed by atoms with Gasteiger partial charge in [0.2, 0.25) is 0 Å². The minimum atomic E-state index is -0.431. The fourth-order valence-corrected chi connectivity index (χ4v) is 2.59. The lowest BCUT2D eigenvalue weighted by molar-refractivity contribution is 0.0263. The number of aryl methyl sites for hydroxylation is 1. The van der Waals surface area contributed by atoms with E-state index in [0.29, 0.717) is 6.54 Å². The summed E-state index contributed by atoms with van der Waals surface area (Å²) < 4.78 is 5.47. The SMILES string of the molecule is Cc1ccccc1N1CCCN(C(=O)OC(C)(C)C)CC1. The van der Waals surface area contributed by atoms with Gasteiger partial charge in [-0.05, 0) is 45.7 Å². The fourth-order valence-electron chi connectivity index (χ4n) is 2.59. The highest BCUT2D eigenvalue weighted by Gasteiger charge is 2.24. The smallest absolute Gasteiger partial charge is 0.410 e. The Morgan fingerprint density at radius 1 is 1.10 bits per heavy atom. The minimum Gasteiger partial charge on any atom is -0.444 e. The first-order valence-corrected chi connectivity index (χ1v) is 7.65. The van der Waals surface area contributed by atoms with E-state index in [0.717, 1.165) is 26.1 Å². The number of carbonyl (C=O) groups excluding carboxylic acids is 1. The van der Waals surface area contributed by atoms with Crippen LogP contribution in [0.15, 0.2) is 24.3 Å². The van der Waals surface area contributed by atoms with Crippen LogP contribution in [0, 0.1) is 6.92 Å². The number of carbonyl (C=O) groups is 1. The molecule has 116 valence electrons. The molecular weight excluding hydrogens is 264 g/mol. The van der Waals surface area contributed by atoms with Gasteiger partial charge in [-0.2, -0.15) is 0 Å². The Kier molecular flexibility index (Phi) is 4.76. The van der Waals surface area contributed by atoms with E-state index in [1.165, 1.54) is 11.3 Å². The van der Waals surface area contributed by atoms with E-state index in [2.05, 4.69) is 36.1 Å². The van der Waals surface area contributed by atoms with Crippen LogP contribution in [0.5, 0.6) is 0 Å². The summed E-state index contributed by atoms with van der Waals surface area (Å²) in [5, 5.41) is 0. The third-order valence-electron chi connectivity index (χ3n) is 3.60. The van der Waals surface area contributed by atoms with Gasteiger partial charge in [0.05, 0.1) is 0 Å². The van der Waals surface area contributed by atoms with Gasteiger partial charge in [0.25, 0.3) is 0 Å². The molecule has 1 aromatic rings. The first kappa shape index (κ1) is 15.7. The quantitative estimate of drug-likeness (QED) is 0.794. The molecule has 0 atom stereocenters. The van der Waals surface area contributed by atoms with Crippen LogP contribution in [-0.4, -0.2) is 42.8 Å². The lowest BCUT2D eigenvalue weighted by Gasteiger charge is -2.27. The third kappa shape index (κ3) is 4.38. The molecule has 2 rings (SSSR count). The van der Waals surface area contributed by atoms with E-state index in [9.17, 15) is 4.79 Å². The molecule has 0 aliphatic carbocycles. The van der Waals surface area contributed by atoms with Gasteiger partial charge in [-0.3, -0.25) is 0 Å². The number of rotatable bonds is 1. The molecule has 1 aliphatic heterocycles. The number of hydrogen-bond donors (Lipinski definition) is 0. The van der Waals surface area contributed by atoms with Gasteiger partial charge in [0, 0.05) is 31.9 Å². The highest BCUT2D eigenvalue weighted by atomic mass is 16.6. The van der Waals surface area contributed by atoms with Crippen molar-refractivity contribution in [2.75, 3.05) is 31.1 Å². The summed E-state index contributed by atoms with van der Waals surface area (Å²) in [5.74, 6) is 0. The molecule has 0 unspecified atom stereocenters. The van der Waals surface area contributed by atoms with Crippen LogP contribution in [0.2, 0.25) is 0 Å². The zero-order chi connectivity index (χ0) is 15.5. The summed E-state index contributed by atoms with van der Waals surface area (Å²) in [7, 11) is 0. The Balaban J connectivity index is 1.99. The molecule has 0 N–H and O–H groups in total. The number of amides is 1. The molecule has 4 nitrogen and oxygen atoms in total. The van der Waals surface area contributed by atoms with Crippen LogP contribution >= 0.6 is 0 Å². The summed E-state index contributed by atoms with van der Waals surface area (Å²) in [5.41, 5.74) is 2.12. The zero-order valence-electron chi connectivity index (χ0n) is 13.6. The normalized spacial score (nSPS) is 16.6. The van der Waals surface area contributed by atoms with Gasteiger partial charge in [-0.1, -0.05) is 18.2 Å². The number of anilines is 1. The van der Waals surface area contributed by atoms with Gasteiger partial charge in [-0.15, -0.1) is 0 Å². The van der Waals surface area contributed by atoms with Gasteiger partial charge in [0.1, 0.15) is 5.60 Å². The average Bonchev–Trinajstić information content (AvgIpc) is 2.63. The van der Waals surface area contributed by atoms with Gasteiger partial charge >= 0.3 is 6.09 Å². The average molecular weight is 290 g/mol. The van der Waals surface area contributed by atoms with Crippen LogP contribution < -0.4 is 4.90 Å². The lowest BCUT2D eigenvalue weighted by Crippen LogP contribution is -2.39. The number of hydrogen-bond acceptors (Lipinski definition) is 3. The Labute approximate surface area is 127 Å². The molecule has 21 heavy (non-hydrogen) atoms. The summed E-state index contributed by atoms with van der Waals surface area (Å²) in [6.45, 7) is 11.1. The fraction of sp³-hybridized carbons (Fsp3) is 0.588. The second kappa shape index (κ2) is 6.37. The van der Waals surface area contributed by atoms with Crippen LogP contribution in [0.3, 0.4) is 0 Å². The molecule has 0 spiro atoms. The van der Waals surface area contributed by atoms with Crippen molar-refractivity contribution in [2.24, 2.45) is 0 Å². The summed E-state index contributed by atoms with van der Waals surface area (Å²) in [4.78, 5) is 16.3. The van der Waals surface area contributed by atoms with Crippen LogP contribution in [0.1, 0.15) is 32.8 Å². The first-order chi connectivity index (χ1) is 9.87. The Morgan fingerprint density at radius 3 is 2.48 bits per heavy atom. The molecule has 1 heterocycles. The molecule has 1 aliphatic rings. The molecule has 0 bridgehead atoms. The molecule has 1 saturated heterocycles. The van der Waals surface area contributed by atoms with Gasteiger partial charge in [0.15, 0.2) is 0 Å². The van der Waals surface area contributed by atoms with Crippen LogP contribution in [-0.2, 0) is 4.74 Å².